The van der Waals surface area contributed by atoms with E-state index in [1.807, 2.05) is 25.1 Å². The van der Waals surface area contributed by atoms with Gasteiger partial charge in [-0.1, -0.05) is 15.9 Å². The molecule has 4 heteroatoms. The lowest BCUT2D eigenvalue weighted by molar-refractivity contribution is -0.123. The van der Waals surface area contributed by atoms with Gasteiger partial charge < -0.3 is 0 Å². The van der Waals surface area contributed by atoms with Crippen molar-refractivity contribution in [2.75, 3.05) is 4.90 Å². The van der Waals surface area contributed by atoms with Crippen LogP contribution in [0.4, 0.5) is 5.69 Å². The van der Waals surface area contributed by atoms with E-state index < -0.39 is 0 Å². The molecule has 0 aromatic heterocycles. The number of carbonyl (C=O) groups is 2. The van der Waals surface area contributed by atoms with E-state index in [9.17, 15) is 9.59 Å². The molecule has 1 aromatic carbocycles. The van der Waals surface area contributed by atoms with Crippen molar-refractivity contribution in [3.63, 3.8) is 0 Å². The van der Waals surface area contributed by atoms with Crippen LogP contribution in [0.25, 0.3) is 0 Å². The Balaban J connectivity index is 2.04. The summed E-state index contributed by atoms with van der Waals surface area (Å²) in [7, 11) is 0. The van der Waals surface area contributed by atoms with Gasteiger partial charge in [0, 0.05) is 4.47 Å². The number of benzene rings is 1. The zero-order valence-corrected chi connectivity index (χ0v) is 10.3. The zero-order chi connectivity index (χ0) is 11.4. The van der Waals surface area contributed by atoms with Crippen molar-refractivity contribution in [2.45, 2.75) is 13.3 Å². The first kappa shape index (κ1) is 10.0. The summed E-state index contributed by atoms with van der Waals surface area (Å²) >= 11 is 3.38. The molecule has 2 aliphatic rings. The number of imide groups is 1. The molecule has 1 aliphatic heterocycles. The average molecular weight is 280 g/mol. The van der Waals surface area contributed by atoms with Gasteiger partial charge in [-0.15, -0.1) is 0 Å². The van der Waals surface area contributed by atoms with E-state index in [0.717, 1.165) is 16.5 Å². The van der Waals surface area contributed by atoms with Crippen LogP contribution in [0, 0.1) is 18.8 Å². The number of amides is 2. The second-order valence-corrected chi connectivity index (χ2v) is 5.36. The van der Waals surface area contributed by atoms with Crippen LogP contribution < -0.4 is 4.90 Å². The highest BCUT2D eigenvalue weighted by atomic mass is 79.9. The van der Waals surface area contributed by atoms with Crippen LogP contribution in [0.5, 0.6) is 0 Å². The van der Waals surface area contributed by atoms with E-state index in [1.54, 1.807) is 0 Å². The van der Waals surface area contributed by atoms with Gasteiger partial charge in [-0.05, 0) is 37.1 Å². The topological polar surface area (TPSA) is 37.4 Å². The fraction of sp³-hybridized carbons (Fsp3) is 0.333. The Morgan fingerprint density at radius 2 is 1.81 bits per heavy atom. The first-order valence-electron chi connectivity index (χ1n) is 5.23. The second-order valence-electron chi connectivity index (χ2n) is 4.45. The number of halogens is 1. The standard InChI is InChI=1S/C12H10BrNO2/c1-6-2-7(13)4-8(3-6)14-11(15)9-5-10(9)12(14)16/h2-4,9-10H,5H2,1H3. The summed E-state index contributed by atoms with van der Waals surface area (Å²) in [4.78, 5) is 25.1. The lowest BCUT2D eigenvalue weighted by atomic mass is 10.2. The molecule has 1 heterocycles. The molecule has 1 saturated carbocycles. The van der Waals surface area contributed by atoms with E-state index in [2.05, 4.69) is 15.9 Å². The van der Waals surface area contributed by atoms with Gasteiger partial charge in [-0.2, -0.15) is 0 Å². The Morgan fingerprint density at radius 1 is 1.19 bits per heavy atom. The van der Waals surface area contributed by atoms with E-state index in [0.29, 0.717) is 5.69 Å². The predicted octanol–water partition coefficient (Wildman–Crippen LogP) is 2.27. The maximum absolute atomic E-state index is 11.9. The maximum Gasteiger partial charge on any atom is 0.237 e. The molecular weight excluding hydrogens is 270 g/mol. The van der Waals surface area contributed by atoms with Crippen LogP contribution in [-0.2, 0) is 9.59 Å². The zero-order valence-electron chi connectivity index (χ0n) is 8.74. The van der Waals surface area contributed by atoms with Crippen molar-refractivity contribution in [3.05, 3.63) is 28.2 Å². The van der Waals surface area contributed by atoms with Gasteiger partial charge in [-0.3, -0.25) is 14.5 Å². The first-order valence-corrected chi connectivity index (χ1v) is 6.02. The predicted molar refractivity (Wildman–Crippen MR) is 63.0 cm³/mol. The lowest BCUT2D eigenvalue weighted by Gasteiger charge is -2.17. The van der Waals surface area contributed by atoms with E-state index in [4.69, 9.17) is 0 Å². The van der Waals surface area contributed by atoms with Crippen molar-refractivity contribution >= 4 is 33.4 Å². The Hall–Kier alpha value is -1.16. The number of hydrogen-bond donors (Lipinski definition) is 0. The summed E-state index contributed by atoms with van der Waals surface area (Å²) in [5.74, 6) is -0.140. The number of aryl methyl sites for hydroxylation is 1. The molecule has 2 atom stereocenters. The molecule has 0 bridgehead atoms. The Morgan fingerprint density at radius 3 is 2.38 bits per heavy atom. The molecular formula is C12H10BrNO2. The largest absolute Gasteiger partial charge is 0.274 e. The molecule has 2 fully saturated rings. The molecule has 0 N–H and O–H groups in total. The fourth-order valence-corrected chi connectivity index (χ4v) is 2.88. The highest BCUT2D eigenvalue weighted by Gasteiger charge is 2.59. The van der Waals surface area contributed by atoms with Crippen molar-refractivity contribution in [1.29, 1.82) is 0 Å². The fourth-order valence-electron chi connectivity index (χ4n) is 2.28. The maximum atomic E-state index is 11.9. The smallest absolute Gasteiger partial charge is 0.237 e. The molecule has 0 radical (unpaired) electrons. The summed E-state index contributed by atoms with van der Waals surface area (Å²) in [6, 6.07) is 5.63. The Bertz CT molecular complexity index is 471. The highest BCUT2D eigenvalue weighted by Crippen LogP contribution is 2.48. The van der Waals surface area contributed by atoms with Crippen molar-refractivity contribution in [2.24, 2.45) is 11.8 Å². The molecule has 1 saturated heterocycles. The van der Waals surface area contributed by atoms with Crippen molar-refractivity contribution < 1.29 is 9.59 Å². The molecule has 0 spiro atoms. The monoisotopic (exact) mass is 279 g/mol. The number of carbonyl (C=O) groups excluding carboxylic acids is 2. The van der Waals surface area contributed by atoms with Crippen molar-refractivity contribution in [1.82, 2.24) is 0 Å². The van der Waals surface area contributed by atoms with E-state index in [-0.39, 0.29) is 23.7 Å². The minimum absolute atomic E-state index is 0.0347. The van der Waals surface area contributed by atoms with E-state index >= 15 is 0 Å². The van der Waals surface area contributed by atoms with Gasteiger partial charge in [0.2, 0.25) is 11.8 Å². The van der Waals surface area contributed by atoms with Gasteiger partial charge in [0.15, 0.2) is 0 Å². The molecule has 2 amide bonds. The number of anilines is 1. The summed E-state index contributed by atoms with van der Waals surface area (Å²) in [6.07, 6.45) is 0.751. The highest BCUT2D eigenvalue weighted by molar-refractivity contribution is 9.10. The number of hydrogen-bond acceptors (Lipinski definition) is 2. The Labute approximate surface area is 102 Å². The third-order valence-corrected chi connectivity index (χ3v) is 3.61. The normalized spacial score (nSPS) is 27.2. The molecule has 1 aliphatic carbocycles. The van der Waals surface area contributed by atoms with Crippen LogP contribution in [0.3, 0.4) is 0 Å². The number of fused-ring (bicyclic) bond motifs is 1. The molecule has 3 rings (SSSR count). The van der Waals surface area contributed by atoms with E-state index in [1.165, 1.54) is 4.90 Å². The number of rotatable bonds is 1. The number of nitrogens with zero attached hydrogens (tertiary/aromatic N) is 1. The third-order valence-electron chi connectivity index (χ3n) is 3.15. The van der Waals surface area contributed by atoms with Gasteiger partial charge in [0.25, 0.3) is 0 Å². The first-order chi connectivity index (χ1) is 7.58. The third kappa shape index (κ3) is 1.33. The molecule has 16 heavy (non-hydrogen) atoms. The summed E-state index contributed by atoms with van der Waals surface area (Å²) in [5.41, 5.74) is 1.72. The molecule has 82 valence electrons. The lowest BCUT2D eigenvalue weighted by Crippen LogP contribution is -2.32. The summed E-state index contributed by atoms with van der Waals surface area (Å²) < 4.78 is 0.892. The second kappa shape index (κ2) is 3.17. The minimum atomic E-state index is -0.0354. The van der Waals surface area contributed by atoms with Crippen LogP contribution >= 0.6 is 15.9 Å². The van der Waals surface area contributed by atoms with Crippen LogP contribution in [0.2, 0.25) is 0 Å². The number of piperidine rings is 1. The SMILES string of the molecule is Cc1cc(Br)cc(N2C(=O)C3CC3C2=O)c1. The molecule has 3 nitrogen and oxygen atoms in total. The van der Waals surface area contributed by atoms with Crippen molar-refractivity contribution in [3.8, 4) is 0 Å². The van der Waals surface area contributed by atoms with Gasteiger partial charge in [0.1, 0.15) is 0 Å². The van der Waals surface area contributed by atoms with Gasteiger partial charge in [0.05, 0.1) is 17.5 Å². The Kier molecular flexibility index (Phi) is 1.98. The quantitative estimate of drug-likeness (QED) is 0.740. The molecule has 1 aromatic rings. The van der Waals surface area contributed by atoms with Crippen LogP contribution in [-0.4, -0.2) is 11.8 Å². The van der Waals surface area contributed by atoms with Crippen LogP contribution in [0.1, 0.15) is 12.0 Å². The van der Waals surface area contributed by atoms with Gasteiger partial charge >= 0.3 is 0 Å². The summed E-state index contributed by atoms with van der Waals surface area (Å²) in [5, 5.41) is 0. The summed E-state index contributed by atoms with van der Waals surface area (Å²) in [6.45, 7) is 1.94. The van der Waals surface area contributed by atoms with Crippen LogP contribution in [0.15, 0.2) is 22.7 Å². The average Bonchev–Trinajstić information content (AvgIpc) is 2.90. The van der Waals surface area contributed by atoms with Gasteiger partial charge in [-0.25, -0.2) is 0 Å². The molecule has 2 unspecified atom stereocenters. The minimum Gasteiger partial charge on any atom is -0.274 e.